The second kappa shape index (κ2) is 3.56. The molecule has 0 fully saturated rings. The quantitative estimate of drug-likeness (QED) is 0.470. The molecule has 0 aliphatic carbocycles. The van der Waals surface area contributed by atoms with Crippen LogP contribution in [0.4, 0.5) is 0 Å². The Labute approximate surface area is 59.7 Å². The van der Waals surface area contributed by atoms with Crippen molar-refractivity contribution in [1.29, 1.82) is 5.41 Å². The van der Waals surface area contributed by atoms with Gasteiger partial charge in [0.2, 0.25) is 0 Å². The molecule has 2 nitrogen and oxygen atoms in total. The molecule has 50 valence electrons. The van der Waals surface area contributed by atoms with E-state index in [0.717, 1.165) is 11.9 Å². The third-order valence-corrected chi connectivity index (χ3v) is 1.10. The van der Waals surface area contributed by atoms with Crippen molar-refractivity contribution in [3.05, 3.63) is 35.9 Å². The average Bonchev–Trinajstić information content (AvgIpc) is 2.03. The predicted octanol–water partition coefficient (Wildman–Crippen LogP) is 1.71. The largest absolute Gasteiger partial charge is 0.290 e. The number of hydrogen-bond donors (Lipinski definition) is 1. The predicted molar refractivity (Wildman–Crippen MR) is 42.8 cm³/mol. The summed E-state index contributed by atoms with van der Waals surface area (Å²) in [6.45, 7) is 0. The Hall–Kier alpha value is -1.44. The molecule has 1 N–H and O–H groups in total. The van der Waals surface area contributed by atoms with E-state index < -0.39 is 0 Å². The third kappa shape index (κ3) is 1.82. The normalized spacial score (nSPS) is 10.0. The molecule has 0 aliphatic rings. The van der Waals surface area contributed by atoms with Crippen molar-refractivity contribution in [3.8, 4) is 0 Å². The lowest BCUT2D eigenvalue weighted by atomic mass is 10.2. The summed E-state index contributed by atoms with van der Waals surface area (Å²) >= 11 is 0. The number of aliphatic imine (C=N–C) groups is 1. The van der Waals surface area contributed by atoms with E-state index in [4.69, 9.17) is 5.41 Å². The highest BCUT2D eigenvalue weighted by atomic mass is 14.7. The summed E-state index contributed by atoms with van der Waals surface area (Å²) < 4.78 is 0. The Kier molecular flexibility index (Phi) is 2.38. The first-order valence-corrected chi connectivity index (χ1v) is 3.00. The van der Waals surface area contributed by atoms with Gasteiger partial charge >= 0.3 is 0 Å². The zero-order chi connectivity index (χ0) is 7.23. The molecule has 10 heavy (non-hydrogen) atoms. The van der Waals surface area contributed by atoms with Gasteiger partial charge in [0, 0.05) is 6.21 Å². The van der Waals surface area contributed by atoms with Crippen LogP contribution in [0.3, 0.4) is 0 Å². The second-order valence-corrected chi connectivity index (χ2v) is 1.82. The number of nitrogens with one attached hydrogen (secondary N) is 1. The topological polar surface area (TPSA) is 36.2 Å². The summed E-state index contributed by atoms with van der Waals surface area (Å²) in [5.41, 5.74) is 1.02. The fourth-order valence-corrected chi connectivity index (χ4v) is 0.662. The van der Waals surface area contributed by atoms with Gasteiger partial charge in [0.15, 0.2) is 0 Å². The van der Waals surface area contributed by atoms with Gasteiger partial charge in [-0.25, -0.2) is 4.99 Å². The van der Waals surface area contributed by atoms with Crippen LogP contribution in [0, 0.1) is 5.41 Å². The van der Waals surface area contributed by atoms with Gasteiger partial charge in [-0.2, -0.15) is 0 Å². The van der Waals surface area contributed by atoms with Gasteiger partial charge < -0.3 is 0 Å². The number of nitrogens with zero attached hydrogens (tertiary/aromatic N) is 1. The first-order valence-electron chi connectivity index (χ1n) is 3.00. The van der Waals surface area contributed by atoms with Crippen LogP contribution in [0.25, 0.3) is 0 Å². The van der Waals surface area contributed by atoms with Gasteiger partial charge in [0.1, 0.15) is 6.34 Å². The van der Waals surface area contributed by atoms with Gasteiger partial charge in [-0.05, 0) is 5.56 Å². The SMILES string of the molecule is N=CN=Cc1ccccc1. The van der Waals surface area contributed by atoms with Crippen LogP contribution in [0.1, 0.15) is 5.56 Å². The average molecular weight is 132 g/mol. The fourth-order valence-electron chi connectivity index (χ4n) is 0.662. The van der Waals surface area contributed by atoms with E-state index in [-0.39, 0.29) is 0 Å². The Morgan fingerprint density at radius 1 is 1.20 bits per heavy atom. The molecule has 1 aromatic rings. The van der Waals surface area contributed by atoms with Crippen LogP contribution < -0.4 is 0 Å². The summed E-state index contributed by atoms with van der Waals surface area (Å²) in [7, 11) is 0. The Morgan fingerprint density at radius 2 is 1.90 bits per heavy atom. The zero-order valence-electron chi connectivity index (χ0n) is 5.49. The molecule has 0 aromatic heterocycles. The summed E-state index contributed by atoms with van der Waals surface area (Å²) in [4.78, 5) is 3.66. The van der Waals surface area contributed by atoms with Gasteiger partial charge in [-0.3, -0.25) is 5.41 Å². The molecule has 0 bridgehead atoms. The number of rotatable bonds is 2. The van der Waals surface area contributed by atoms with Crippen molar-refractivity contribution in [3.63, 3.8) is 0 Å². The van der Waals surface area contributed by atoms with Crippen LogP contribution >= 0.6 is 0 Å². The van der Waals surface area contributed by atoms with Gasteiger partial charge in [-0.15, -0.1) is 0 Å². The molecule has 0 atom stereocenters. The molecule has 0 amide bonds. The molecular weight excluding hydrogens is 124 g/mol. The summed E-state index contributed by atoms with van der Waals surface area (Å²) in [5, 5.41) is 6.63. The fraction of sp³-hybridized carbons (Fsp3) is 0. The van der Waals surface area contributed by atoms with Crippen LogP contribution in [0.5, 0.6) is 0 Å². The molecule has 1 rings (SSSR count). The molecule has 0 saturated heterocycles. The molecule has 0 heterocycles. The van der Waals surface area contributed by atoms with E-state index in [2.05, 4.69) is 4.99 Å². The van der Waals surface area contributed by atoms with E-state index >= 15 is 0 Å². The second-order valence-electron chi connectivity index (χ2n) is 1.82. The molecule has 0 saturated carbocycles. The lowest BCUT2D eigenvalue weighted by Gasteiger charge is -1.86. The maximum absolute atomic E-state index is 6.63. The van der Waals surface area contributed by atoms with Crippen molar-refractivity contribution in [1.82, 2.24) is 0 Å². The Morgan fingerprint density at radius 3 is 2.50 bits per heavy atom. The standard InChI is InChI=1S/C8H8N2/c9-7-10-6-8-4-2-1-3-5-8/h1-7,9H. The molecular formula is C8H8N2. The molecule has 0 radical (unpaired) electrons. The minimum Gasteiger partial charge on any atom is -0.290 e. The van der Waals surface area contributed by atoms with Crippen molar-refractivity contribution < 1.29 is 0 Å². The highest BCUT2D eigenvalue weighted by Gasteiger charge is 1.79. The lowest BCUT2D eigenvalue weighted by Crippen LogP contribution is -1.77. The zero-order valence-corrected chi connectivity index (χ0v) is 5.49. The van der Waals surface area contributed by atoms with E-state index in [0.29, 0.717) is 0 Å². The first-order chi connectivity index (χ1) is 4.93. The van der Waals surface area contributed by atoms with Gasteiger partial charge in [0.25, 0.3) is 0 Å². The first kappa shape index (κ1) is 6.68. The monoisotopic (exact) mass is 132 g/mol. The van der Waals surface area contributed by atoms with Crippen molar-refractivity contribution >= 4 is 12.6 Å². The Balaban J connectivity index is 2.76. The minimum absolute atomic E-state index is 1.02. The van der Waals surface area contributed by atoms with Crippen LogP contribution in [0.2, 0.25) is 0 Å². The summed E-state index contributed by atoms with van der Waals surface area (Å²) in [5.74, 6) is 0. The lowest BCUT2D eigenvalue weighted by molar-refractivity contribution is 1.52. The molecule has 0 unspecified atom stereocenters. The number of benzene rings is 1. The van der Waals surface area contributed by atoms with Crippen LogP contribution in [0.15, 0.2) is 35.3 Å². The van der Waals surface area contributed by atoms with Crippen LogP contribution in [-0.2, 0) is 0 Å². The van der Waals surface area contributed by atoms with E-state index in [9.17, 15) is 0 Å². The molecule has 1 aromatic carbocycles. The van der Waals surface area contributed by atoms with E-state index in [1.54, 1.807) is 6.21 Å². The minimum atomic E-state index is 1.02. The van der Waals surface area contributed by atoms with E-state index in [1.807, 2.05) is 30.3 Å². The van der Waals surface area contributed by atoms with Gasteiger partial charge in [-0.1, -0.05) is 30.3 Å². The summed E-state index contributed by atoms with van der Waals surface area (Å²) in [6.07, 6.45) is 2.67. The Bertz CT molecular complexity index is 226. The van der Waals surface area contributed by atoms with Crippen molar-refractivity contribution in [2.45, 2.75) is 0 Å². The molecule has 0 aliphatic heterocycles. The summed E-state index contributed by atoms with van der Waals surface area (Å²) in [6, 6.07) is 9.69. The maximum atomic E-state index is 6.63. The molecule has 2 heteroatoms. The third-order valence-electron chi connectivity index (χ3n) is 1.10. The van der Waals surface area contributed by atoms with Crippen molar-refractivity contribution in [2.24, 2.45) is 4.99 Å². The smallest absolute Gasteiger partial charge is 0.106 e. The maximum Gasteiger partial charge on any atom is 0.106 e. The van der Waals surface area contributed by atoms with Crippen molar-refractivity contribution in [2.75, 3.05) is 0 Å². The van der Waals surface area contributed by atoms with Crippen LogP contribution in [-0.4, -0.2) is 12.6 Å². The highest BCUT2D eigenvalue weighted by molar-refractivity contribution is 5.84. The number of hydrogen-bond acceptors (Lipinski definition) is 1. The van der Waals surface area contributed by atoms with E-state index in [1.165, 1.54) is 0 Å². The van der Waals surface area contributed by atoms with Gasteiger partial charge in [0.05, 0.1) is 0 Å². The molecule has 0 spiro atoms. The highest BCUT2D eigenvalue weighted by Crippen LogP contribution is 1.92.